The number of hydrogen-bond donors (Lipinski definition) is 1. The minimum atomic E-state index is -3.54. The van der Waals surface area contributed by atoms with E-state index in [2.05, 4.69) is 4.72 Å². The topological polar surface area (TPSA) is 83.1 Å². The van der Waals surface area contributed by atoms with Crippen LogP contribution in [-0.2, 0) is 24.2 Å². The van der Waals surface area contributed by atoms with Crippen LogP contribution in [0.5, 0.6) is 5.75 Å². The average molecular weight is 387 g/mol. The second kappa shape index (κ2) is 10.8. The quantitative estimate of drug-likeness (QED) is 0.552. The monoisotopic (exact) mass is 387 g/mol. The third kappa shape index (κ3) is 6.85. The van der Waals surface area contributed by atoms with Crippen LogP contribution < -0.4 is 9.46 Å². The summed E-state index contributed by atoms with van der Waals surface area (Å²) in [6.07, 6.45) is 2.93. The molecule has 26 heavy (non-hydrogen) atoms. The maximum Gasteiger partial charge on any atom is 0.240 e. The molecule has 2 rings (SSSR count). The van der Waals surface area contributed by atoms with Crippen LogP contribution >= 0.6 is 0 Å². The molecule has 1 unspecified atom stereocenters. The van der Waals surface area contributed by atoms with Crippen LogP contribution in [0.3, 0.4) is 0 Å². The van der Waals surface area contributed by atoms with E-state index in [1.165, 1.54) is 0 Å². The maximum absolute atomic E-state index is 12.4. The summed E-state index contributed by atoms with van der Waals surface area (Å²) in [4.78, 5) is 0.231. The molecule has 148 valence electrons. The van der Waals surface area contributed by atoms with Gasteiger partial charge in [-0.15, -0.1) is 0 Å². The van der Waals surface area contributed by atoms with Gasteiger partial charge in [-0.2, -0.15) is 0 Å². The molecular weight excluding hydrogens is 358 g/mol. The van der Waals surface area contributed by atoms with Crippen molar-refractivity contribution in [3.05, 3.63) is 23.8 Å². The van der Waals surface area contributed by atoms with Gasteiger partial charge in [0, 0.05) is 26.9 Å². The van der Waals surface area contributed by atoms with Crippen molar-refractivity contribution >= 4 is 10.0 Å². The highest BCUT2D eigenvalue weighted by Gasteiger charge is 2.16. The fourth-order valence-corrected chi connectivity index (χ4v) is 3.80. The van der Waals surface area contributed by atoms with Crippen molar-refractivity contribution in [2.24, 2.45) is 0 Å². The lowest BCUT2D eigenvalue weighted by Crippen LogP contribution is -2.26. The van der Waals surface area contributed by atoms with Gasteiger partial charge < -0.3 is 18.9 Å². The van der Waals surface area contributed by atoms with Crippen LogP contribution in [0.2, 0.25) is 0 Å². The number of methoxy groups -OCH3 is 1. The molecule has 1 aromatic carbocycles. The molecule has 0 saturated carbocycles. The largest absolute Gasteiger partial charge is 0.491 e. The first kappa shape index (κ1) is 21.1. The molecule has 0 aliphatic carbocycles. The predicted molar refractivity (Wildman–Crippen MR) is 98.1 cm³/mol. The van der Waals surface area contributed by atoms with Gasteiger partial charge >= 0.3 is 0 Å². The van der Waals surface area contributed by atoms with Crippen molar-refractivity contribution in [1.29, 1.82) is 0 Å². The van der Waals surface area contributed by atoms with Crippen molar-refractivity contribution in [3.63, 3.8) is 0 Å². The lowest BCUT2D eigenvalue weighted by molar-refractivity contribution is 0.0169. The van der Waals surface area contributed by atoms with Gasteiger partial charge in [-0.05, 0) is 49.9 Å². The number of ether oxygens (including phenoxy) is 4. The van der Waals surface area contributed by atoms with Crippen molar-refractivity contribution in [3.8, 4) is 5.75 Å². The number of aryl methyl sites for hydroxylation is 1. The van der Waals surface area contributed by atoms with E-state index in [0.717, 1.165) is 25.0 Å². The molecular formula is C18H29NO6S. The highest BCUT2D eigenvalue weighted by atomic mass is 32.2. The molecule has 0 bridgehead atoms. The van der Waals surface area contributed by atoms with E-state index < -0.39 is 10.0 Å². The Kier molecular flexibility index (Phi) is 8.80. The summed E-state index contributed by atoms with van der Waals surface area (Å²) >= 11 is 0. The summed E-state index contributed by atoms with van der Waals surface area (Å²) in [6.45, 7) is 4.95. The van der Waals surface area contributed by atoms with Gasteiger partial charge in [0.15, 0.2) is 0 Å². The minimum absolute atomic E-state index is 0.194. The van der Waals surface area contributed by atoms with E-state index in [4.69, 9.17) is 18.9 Å². The molecule has 1 saturated heterocycles. The third-order valence-corrected chi connectivity index (χ3v) is 5.55. The molecule has 1 fully saturated rings. The summed E-state index contributed by atoms with van der Waals surface area (Å²) in [6, 6.07) is 4.83. The minimum Gasteiger partial charge on any atom is -0.491 e. The number of nitrogens with one attached hydrogen (secondary N) is 1. The lowest BCUT2D eigenvalue weighted by atomic mass is 10.2. The van der Waals surface area contributed by atoms with Crippen LogP contribution in [0, 0.1) is 6.92 Å². The maximum atomic E-state index is 12.4. The van der Waals surface area contributed by atoms with Crippen LogP contribution in [-0.4, -0.2) is 61.2 Å². The van der Waals surface area contributed by atoms with Gasteiger partial charge in [-0.1, -0.05) is 0 Å². The Balaban J connectivity index is 1.73. The summed E-state index contributed by atoms with van der Waals surface area (Å²) in [7, 11) is -1.94. The lowest BCUT2D eigenvalue weighted by Gasteiger charge is -2.12. The first-order chi connectivity index (χ1) is 12.5. The molecule has 8 heteroatoms. The highest BCUT2D eigenvalue weighted by Crippen LogP contribution is 2.21. The third-order valence-electron chi connectivity index (χ3n) is 4.09. The zero-order valence-electron chi connectivity index (χ0n) is 15.5. The van der Waals surface area contributed by atoms with Crippen LogP contribution in [0.15, 0.2) is 23.1 Å². The molecule has 0 aromatic heterocycles. The fraction of sp³-hybridized carbons (Fsp3) is 0.667. The number of hydrogen-bond acceptors (Lipinski definition) is 6. The molecule has 1 aliphatic rings. The summed E-state index contributed by atoms with van der Waals surface area (Å²) < 4.78 is 48.8. The Morgan fingerprint density at radius 3 is 2.81 bits per heavy atom. The first-order valence-corrected chi connectivity index (χ1v) is 10.4. The van der Waals surface area contributed by atoms with Crippen LogP contribution in [0.4, 0.5) is 0 Å². The van der Waals surface area contributed by atoms with E-state index in [0.29, 0.717) is 45.1 Å². The molecule has 1 atom stereocenters. The standard InChI is InChI=1S/C18H29NO6S/c1-15-13-17(6-7-18(15)25-12-11-22-2)26(20,21)19-8-4-9-23-14-16-5-3-10-24-16/h6-7,13,16,19H,3-5,8-12,14H2,1-2H3. The van der Waals surface area contributed by atoms with E-state index in [1.54, 1.807) is 25.3 Å². The van der Waals surface area contributed by atoms with Crippen molar-refractivity contribution in [2.75, 3.05) is 46.7 Å². The smallest absolute Gasteiger partial charge is 0.240 e. The Morgan fingerprint density at radius 1 is 1.27 bits per heavy atom. The first-order valence-electron chi connectivity index (χ1n) is 8.94. The van der Waals surface area contributed by atoms with Gasteiger partial charge in [-0.25, -0.2) is 13.1 Å². The van der Waals surface area contributed by atoms with Gasteiger partial charge in [-0.3, -0.25) is 0 Å². The Morgan fingerprint density at radius 2 is 2.12 bits per heavy atom. The van der Waals surface area contributed by atoms with Crippen molar-refractivity contribution < 1.29 is 27.4 Å². The normalized spacial score (nSPS) is 17.5. The number of sulfonamides is 1. The molecule has 0 amide bonds. The molecule has 0 radical (unpaired) electrons. The Labute approximate surface area is 156 Å². The van der Waals surface area contributed by atoms with Gasteiger partial charge in [0.1, 0.15) is 12.4 Å². The van der Waals surface area contributed by atoms with E-state index >= 15 is 0 Å². The summed E-state index contributed by atoms with van der Waals surface area (Å²) in [5.74, 6) is 0.656. The summed E-state index contributed by atoms with van der Waals surface area (Å²) in [5.41, 5.74) is 0.767. The van der Waals surface area contributed by atoms with Gasteiger partial charge in [0.25, 0.3) is 0 Å². The molecule has 1 heterocycles. The van der Waals surface area contributed by atoms with E-state index in [-0.39, 0.29) is 11.0 Å². The summed E-state index contributed by atoms with van der Waals surface area (Å²) in [5, 5.41) is 0. The second-order valence-corrected chi connectivity index (χ2v) is 8.00. The number of rotatable bonds is 12. The zero-order chi connectivity index (χ0) is 18.8. The van der Waals surface area contributed by atoms with Crippen LogP contribution in [0.1, 0.15) is 24.8 Å². The van der Waals surface area contributed by atoms with Gasteiger partial charge in [0.2, 0.25) is 10.0 Å². The number of benzene rings is 1. The Bertz CT molecular complexity index is 643. The molecule has 1 N–H and O–H groups in total. The highest BCUT2D eigenvalue weighted by molar-refractivity contribution is 7.89. The predicted octanol–water partition coefficient (Wildman–Crippen LogP) is 1.88. The molecule has 1 aliphatic heterocycles. The van der Waals surface area contributed by atoms with E-state index in [9.17, 15) is 8.42 Å². The van der Waals surface area contributed by atoms with Crippen LogP contribution in [0.25, 0.3) is 0 Å². The molecule has 1 aromatic rings. The SMILES string of the molecule is COCCOc1ccc(S(=O)(=O)NCCCOCC2CCCO2)cc1C. The zero-order valence-corrected chi connectivity index (χ0v) is 16.3. The van der Waals surface area contributed by atoms with Crippen molar-refractivity contribution in [2.45, 2.75) is 37.2 Å². The van der Waals surface area contributed by atoms with E-state index in [1.807, 2.05) is 6.92 Å². The molecule has 7 nitrogen and oxygen atoms in total. The second-order valence-electron chi connectivity index (χ2n) is 6.23. The molecule has 0 spiro atoms. The van der Waals surface area contributed by atoms with Gasteiger partial charge in [0.05, 0.1) is 24.2 Å². The Hall–Kier alpha value is -1.19. The average Bonchev–Trinajstić information content (AvgIpc) is 3.13. The fourth-order valence-electron chi connectivity index (χ4n) is 2.64. The van der Waals surface area contributed by atoms with Crippen molar-refractivity contribution in [1.82, 2.24) is 4.72 Å².